The predicted molar refractivity (Wildman–Crippen MR) is 89.5 cm³/mol. The topological polar surface area (TPSA) is 17.1 Å². The summed E-state index contributed by atoms with van der Waals surface area (Å²) in [7, 11) is 0. The number of hydrogen-bond donors (Lipinski definition) is 0. The van der Waals surface area contributed by atoms with Gasteiger partial charge in [0.1, 0.15) is 5.78 Å². The van der Waals surface area contributed by atoms with Crippen LogP contribution in [0.3, 0.4) is 0 Å². The number of Topliss-reactive ketones (excluding diaryl/α,β-unsaturated/α-hetero) is 1. The molecule has 0 atom stereocenters. The Morgan fingerprint density at radius 1 is 1.05 bits per heavy atom. The zero-order valence-corrected chi connectivity index (χ0v) is 14.1. The van der Waals surface area contributed by atoms with E-state index in [0.717, 1.165) is 14.9 Å². The minimum absolute atomic E-state index is 0.265. The van der Waals surface area contributed by atoms with Crippen molar-refractivity contribution in [2.75, 3.05) is 5.75 Å². The molecular weight excluding hydrogens is 332 g/mol. The molecule has 0 saturated carbocycles. The number of carbonyl (C=O) groups excluding carboxylic acids is 1. The second-order valence-electron chi connectivity index (χ2n) is 4.88. The van der Waals surface area contributed by atoms with E-state index >= 15 is 0 Å². The number of thioether (sulfide) groups is 1. The van der Waals surface area contributed by atoms with Gasteiger partial charge in [-0.05, 0) is 54.8 Å². The maximum absolute atomic E-state index is 12.0. The number of benzene rings is 2. The average Bonchev–Trinajstić information content (AvgIpc) is 2.42. The average molecular weight is 349 g/mol. The van der Waals surface area contributed by atoms with E-state index in [4.69, 9.17) is 0 Å². The van der Waals surface area contributed by atoms with Gasteiger partial charge in [-0.2, -0.15) is 0 Å². The predicted octanol–water partition coefficient (Wildman–Crippen LogP) is 4.97. The van der Waals surface area contributed by atoms with E-state index in [9.17, 15) is 4.79 Å². The third kappa shape index (κ3) is 4.50. The second kappa shape index (κ2) is 7.09. The van der Waals surface area contributed by atoms with Crippen LogP contribution in [0.5, 0.6) is 0 Å². The summed E-state index contributed by atoms with van der Waals surface area (Å²) in [4.78, 5) is 13.1. The van der Waals surface area contributed by atoms with Crippen LogP contribution in [-0.2, 0) is 11.2 Å². The molecule has 1 nitrogen and oxygen atoms in total. The first-order chi connectivity index (χ1) is 9.54. The van der Waals surface area contributed by atoms with Gasteiger partial charge in [0.05, 0.1) is 5.75 Å². The number of aryl methyl sites for hydroxylation is 2. The Morgan fingerprint density at radius 2 is 1.75 bits per heavy atom. The molecular formula is C17H17BrOS. The van der Waals surface area contributed by atoms with Crippen molar-refractivity contribution in [3.63, 3.8) is 0 Å². The Bertz CT molecular complexity index is 605. The summed E-state index contributed by atoms with van der Waals surface area (Å²) in [5, 5.41) is 0. The van der Waals surface area contributed by atoms with Crippen LogP contribution in [0, 0.1) is 13.8 Å². The van der Waals surface area contributed by atoms with Gasteiger partial charge in [0.2, 0.25) is 0 Å². The Hall–Kier alpha value is -1.06. The van der Waals surface area contributed by atoms with Gasteiger partial charge in [-0.25, -0.2) is 0 Å². The fraction of sp³-hybridized carbons (Fsp3) is 0.235. The van der Waals surface area contributed by atoms with Gasteiger partial charge in [-0.3, -0.25) is 4.79 Å². The lowest BCUT2D eigenvalue weighted by Crippen LogP contribution is -2.06. The standard InChI is InChI=1S/C17H17BrOS/c1-12-3-4-14(9-13(12)2)10-16(19)11-20-17-7-5-15(18)6-8-17/h3-9H,10-11H2,1-2H3. The van der Waals surface area contributed by atoms with Gasteiger partial charge in [-0.1, -0.05) is 34.1 Å². The Labute approximate surface area is 132 Å². The van der Waals surface area contributed by atoms with Crippen LogP contribution in [0.25, 0.3) is 0 Å². The van der Waals surface area contributed by atoms with E-state index in [0.29, 0.717) is 12.2 Å². The molecule has 104 valence electrons. The van der Waals surface area contributed by atoms with Crippen LogP contribution in [0.15, 0.2) is 51.8 Å². The first-order valence-corrected chi connectivity index (χ1v) is 8.28. The van der Waals surface area contributed by atoms with Crippen molar-refractivity contribution in [1.29, 1.82) is 0 Å². The molecule has 0 N–H and O–H groups in total. The summed E-state index contributed by atoms with van der Waals surface area (Å²) in [5.74, 6) is 0.787. The van der Waals surface area contributed by atoms with Crippen LogP contribution in [0.4, 0.5) is 0 Å². The Balaban J connectivity index is 1.89. The summed E-state index contributed by atoms with van der Waals surface area (Å²) in [6.07, 6.45) is 0.519. The van der Waals surface area contributed by atoms with E-state index in [1.165, 1.54) is 11.1 Å². The van der Waals surface area contributed by atoms with Gasteiger partial charge in [0, 0.05) is 15.8 Å². The highest BCUT2D eigenvalue weighted by Gasteiger charge is 2.06. The van der Waals surface area contributed by atoms with Crippen molar-refractivity contribution in [1.82, 2.24) is 0 Å². The Morgan fingerprint density at radius 3 is 2.40 bits per heavy atom. The lowest BCUT2D eigenvalue weighted by Gasteiger charge is -2.05. The van der Waals surface area contributed by atoms with Crippen molar-refractivity contribution in [3.8, 4) is 0 Å². The van der Waals surface area contributed by atoms with Crippen LogP contribution >= 0.6 is 27.7 Å². The van der Waals surface area contributed by atoms with Crippen molar-refractivity contribution < 1.29 is 4.79 Å². The molecule has 0 aliphatic heterocycles. The monoisotopic (exact) mass is 348 g/mol. The van der Waals surface area contributed by atoms with Crippen LogP contribution in [-0.4, -0.2) is 11.5 Å². The molecule has 0 fully saturated rings. The lowest BCUT2D eigenvalue weighted by molar-refractivity contribution is -0.116. The first kappa shape index (κ1) is 15.3. The van der Waals surface area contributed by atoms with Crippen molar-refractivity contribution in [2.24, 2.45) is 0 Å². The largest absolute Gasteiger partial charge is 0.298 e. The maximum Gasteiger partial charge on any atom is 0.147 e. The SMILES string of the molecule is Cc1ccc(CC(=O)CSc2ccc(Br)cc2)cc1C. The minimum atomic E-state index is 0.265. The van der Waals surface area contributed by atoms with Gasteiger partial charge >= 0.3 is 0 Å². The molecule has 0 saturated heterocycles. The zero-order valence-electron chi connectivity index (χ0n) is 11.7. The molecule has 3 heteroatoms. The highest BCUT2D eigenvalue weighted by molar-refractivity contribution is 9.10. The molecule has 2 rings (SSSR count). The summed E-state index contributed by atoms with van der Waals surface area (Å²) < 4.78 is 1.06. The van der Waals surface area contributed by atoms with E-state index in [-0.39, 0.29) is 5.78 Å². The Kier molecular flexibility index (Phi) is 5.44. The molecule has 0 heterocycles. The molecule has 2 aromatic rings. The van der Waals surface area contributed by atoms with E-state index in [2.05, 4.69) is 41.9 Å². The molecule has 0 aliphatic rings. The number of hydrogen-bond acceptors (Lipinski definition) is 2. The highest BCUT2D eigenvalue weighted by Crippen LogP contribution is 2.21. The van der Waals surface area contributed by atoms with Crippen molar-refractivity contribution in [2.45, 2.75) is 25.2 Å². The third-order valence-corrected chi connectivity index (χ3v) is 4.79. The van der Waals surface area contributed by atoms with Crippen molar-refractivity contribution in [3.05, 3.63) is 63.6 Å². The van der Waals surface area contributed by atoms with Gasteiger partial charge in [0.25, 0.3) is 0 Å². The smallest absolute Gasteiger partial charge is 0.147 e. The van der Waals surface area contributed by atoms with Crippen LogP contribution in [0.2, 0.25) is 0 Å². The second-order valence-corrected chi connectivity index (χ2v) is 6.84. The van der Waals surface area contributed by atoms with E-state index in [1.54, 1.807) is 11.8 Å². The summed E-state index contributed by atoms with van der Waals surface area (Å²) in [5.41, 5.74) is 3.62. The fourth-order valence-electron chi connectivity index (χ4n) is 1.89. The molecule has 0 spiro atoms. The molecule has 2 aromatic carbocycles. The van der Waals surface area contributed by atoms with Gasteiger partial charge < -0.3 is 0 Å². The van der Waals surface area contributed by atoms with Gasteiger partial charge in [0.15, 0.2) is 0 Å². The van der Waals surface area contributed by atoms with Crippen molar-refractivity contribution >= 4 is 33.5 Å². The highest BCUT2D eigenvalue weighted by atomic mass is 79.9. The number of ketones is 1. The van der Waals surface area contributed by atoms with Crippen LogP contribution < -0.4 is 0 Å². The zero-order chi connectivity index (χ0) is 14.5. The van der Waals surface area contributed by atoms with Crippen LogP contribution in [0.1, 0.15) is 16.7 Å². The van der Waals surface area contributed by atoms with E-state index in [1.807, 2.05) is 30.3 Å². The first-order valence-electron chi connectivity index (χ1n) is 6.51. The lowest BCUT2D eigenvalue weighted by atomic mass is 10.0. The summed E-state index contributed by atoms with van der Waals surface area (Å²) in [6.45, 7) is 4.17. The van der Waals surface area contributed by atoms with E-state index < -0.39 is 0 Å². The molecule has 0 aromatic heterocycles. The normalized spacial score (nSPS) is 10.6. The fourth-order valence-corrected chi connectivity index (χ4v) is 2.91. The molecule has 20 heavy (non-hydrogen) atoms. The number of halogens is 1. The molecule has 0 aliphatic carbocycles. The third-order valence-electron chi connectivity index (χ3n) is 3.19. The summed E-state index contributed by atoms with van der Waals surface area (Å²) in [6, 6.07) is 14.3. The summed E-state index contributed by atoms with van der Waals surface area (Å²) >= 11 is 5.00. The maximum atomic E-state index is 12.0. The molecule has 0 bridgehead atoms. The van der Waals surface area contributed by atoms with Gasteiger partial charge in [-0.15, -0.1) is 11.8 Å². The number of carbonyl (C=O) groups is 1. The minimum Gasteiger partial charge on any atom is -0.298 e. The quantitative estimate of drug-likeness (QED) is 0.709. The molecule has 0 amide bonds. The molecule has 0 unspecified atom stereocenters. The molecule has 0 radical (unpaired) electrons. The number of rotatable bonds is 5.